The maximum absolute atomic E-state index is 8.66. The van der Waals surface area contributed by atoms with Gasteiger partial charge in [-0.2, -0.15) is 0 Å². The Morgan fingerprint density at radius 3 is 2.50 bits per heavy atom. The van der Waals surface area contributed by atoms with Gasteiger partial charge in [0.15, 0.2) is 5.79 Å². The number of hydrogen-bond acceptors (Lipinski definition) is 2. The van der Waals surface area contributed by atoms with Crippen LogP contribution >= 0.6 is 0 Å². The molecular formula is C4H7O2. The van der Waals surface area contributed by atoms with Crippen LogP contribution in [0.1, 0.15) is 13.3 Å². The summed E-state index contributed by atoms with van der Waals surface area (Å²) in [7, 11) is 0. The van der Waals surface area contributed by atoms with Crippen LogP contribution in [-0.4, -0.2) is 10.9 Å². The van der Waals surface area contributed by atoms with Crippen molar-refractivity contribution in [2.24, 2.45) is 0 Å². The van der Waals surface area contributed by atoms with E-state index in [-0.39, 0.29) is 0 Å². The minimum atomic E-state index is -0.833. The third kappa shape index (κ3) is 0.533. The van der Waals surface area contributed by atoms with Gasteiger partial charge in [-0.1, -0.05) is 6.92 Å². The van der Waals surface area contributed by atoms with Crippen molar-refractivity contribution in [1.29, 1.82) is 0 Å². The van der Waals surface area contributed by atoms with Crippen LogP contribution in [0.15, 0.2) is 0 Å². The zero-order chi connectivity index (χ0) is 4.62. The molecule has 0 spiro atoms. The summed E-state index contributed by atoms with van der Waals surface area (Å²) in [5.74, 6) is -0.833. The van der Waals surface area contributed by atoms with E-state index in [0.29, 0.717) is 6.42 Å². The normalized spacial score (nSPS) is 43.0. The summed E-state index contributed by atoms with van der Waals surface area (Å²) in [4.78, 5) is 0. The smallest absolute Gasteiger partial charge is 0.195 e. The standard InChI is InChI=1S/C4H7O2/c1-2-4(5)3-6-4/h3,5H,2H2,1H3. The predicted octanol–water partition coefficient (Wildman–Crippen LogP) is 0.277. The van der Waals surface area contributed by atoms with Gasteiger partial charge in [0.2, 0.25) is 0 Å². The second-order valence-corrected chi connectivity index (χ2v) is 1.43. The Balaban J connectivity index is 2.28. The summed E-state index contributed by atoms with van der Waals surface area (Å²) in [5, 5.41) is 8.66. The van der Waals surface area contributed by atoms with Crippen LogP contribution in [0.3, 0.4) is 0 Å². The minimum absolute atomic E-state index is 0.660. The molecule has 1 radical (unpaired) electrons. The quantitative estimate of drug-likeness (QED) is 0.466. The lowest BCUT2D eigenvalue weighted by Gasteiger charge is -1.91. The fourth-order valence-electron chi connectivity index (χ4n) is 0.235. The van der Waals surface area contributed by atoms with E-state index >= 15 is 0 Å². The molecule has 0 bridgehead atoms. The van der Waals surface area contributed by atoms with Gasteiger partial charge in [0.25, 0.3) is 0 Å². The summed E-state index contributed by atoms with van der Waals surface area (Å²) >= 11 is 0. The largest absolute Gasteiger partial charge is 0.363 e. The Bertz CT molecular complexity index is 56.6. The summed E-state index contributed by atoms with van der Waals surface area (Å²) in [6, 6.07) is 0. The molecule has 6 heavy (non-hydrogen) atoms. The highest BCUT2D eigenvalue weighted by Crippen LogP contribution is 2.31. The first kappa shape index (κ1) is 4.09. The Morgan fingerprint density at radius 1 is 2.00 bits per heavy atom. The van der Waals surface area contributed by atoms with Crippen LogP contribution in [0.5, 0.6) is 0 Å². The van der Waals surface area contributed by atoms with Crippen molar-refractivity contribution in [3.05, 3.63) is 6.61 Å². The van der Waals surface area contributed by atoms with Gasteiger partial charge < -0.3 is 9.84 Å². The molecule has 0 aliphatic carbocycles. The maximum Gasteiger partial charge on any atom is 0.195 e. The van der Waals surface area contributed by atoms with Gasteiger partial charge >= 0.3 is 0 Å². The van der Waals surface area contributed by atoms with E-state index in [0.717, 1.165) is 0 Å². The van der Waals surface area contributed by atoms with Crippen LogP contribution in [0, 0.1) is 6.61 Å². The number of rotatable bonds is 1. The highest BCUT2D eigenvalue weighted by atomic mass is 16.7. The average molecular weight is 87.1 g/mol. The first-order chi connectivity index (χ1) is 2.77. The third-order valence-electron chi connectivity index (χ3n) is 0.897. The highest BCUT2D eigenvalue weighted by Gasteiger charge is 2.41. The fraction of sp³-hybridized carbons (Fsp3) is 0.750. The van der Waals surface area contributed by atoms with Crippen molar-refractivity contribution < 1.29 is 9.84 Å². The van der Waals surface area contributed by atoms with E-state index < -0.39 is 5.79 Å². The van der Waals surface area contributed by atoms with Crippen molar-refractivity contribution in [2.75, 3.05) is 0 Å². The molecule has 1 heterocycles. The molecule has 0 aromatic heterocycles. The number of epoxide rings is 1. The first-order valence-corrected chi connectivity index (χ1v) is 2.01. The highest BCUT2D eigenvalue weighted by molar-refractivity contribution is 4.90. The third-order valence-corrected chi connectivity index (χ3v) is 0.897. The molecule has 0 aromatic carbocycles. The van der Waals surface area contributed by atoms with Crippen LogP contribution in [0.25, 0.3) is 0 Å². The molecule has 1 aliphatic heterocycles. The van der Waals surface area contributed by atoms with E-state index in [9.17, 15) is 0 Å². The number of aliphatic hydroxyl groups is 1. The second kappa shape index (κ2) is 0.950. The molecule has 0 amide bonds. The van der Waals surface area contributed by atoms with E-state index in [1.807, 2.05) is 6.92 Å². The first-order valence-electron chi connectivity index (χ1n) is 2.01. The Kier molecular flexibility index (Phi) is 0.648. The van der Waals surface area contributed by atoms with E-state index in [4.69, 9.17) is 5.11 Å². The summed E-state index contributed by atoms with van der Waals surface area (Å²) in [6.45, 7) is 3.29. The molecule has 1 unspecified atom stereocenters. The van der Waals surface area contributed by atoms with Gasteiger partial charge in [-0.05, 0) is 0 Å². The Labute approximate surface area is 36.7 Å². The van der Waals surface area contributed by atoms with Crippen molar-refractivity contribution in [2.45, 2.75) is 19.1 Å². The lowest BCUT2D eigenvalue weighted by Crippen LogP contribution is -2.03. The van der Waals surface area contributed by atoms with Gasteiger partial charge in [-0.25, -0.2) is 0 Å². The molecule has 0 aromatic rings. The molecular weight excluding hydrogens is 80.0 g/mol. The predicted molar refractivity (Wildman–Crippen MR) is 20.6 cm³/mol. The average Bonchev–Trinajstić information content (AvgIpc) is 2.22. The van der Waals surface area contributed by atoms with Gasteiger partial charge in [0.05, 0.1) is 0 Å². The second-order valence-electron chi connectivity index (χ2n) is 1.43. The fourth-order valence-corrected chi connectivity index (χ4v) is 0.235. The van der Waals surface area contributed by atoms with Crippen LogP contribution in [0.4, 0.5) is 0 Å². The minimum Gasteiger partial charge on any atom is -0.363 e. The van der Waals surface area contributed by atoms with Crippen LogP contribution < -0.4 is 0 Å². The van der Waals surface area contributed by atoms with Crippen molar-refractivity contribution in [1.82, 2.24) is 0 Å². The van der Waals surface area contributed by atoms with Gasteiger partial charge in [0, 0.05) is 6.42 Å². The monoisotopic (exact) mass is 87.0 g/mol. The van der Waals surface area contributed by atoms with Gasteiger partial charge in [-0.15, -0.1) is 0 Å². The summed E-state index contributed by atoms with van der Waals surface area (Å²) < 4.78 is 4.48. The lowest BCUT2D eigenvalue weighted by molar-refractivity contribution is 0.0334. The van der Waals surface area contributed by atoms with Crippen LogP contribution in [0.2, 0.25) is 0 Å². The SMILES string of the molecule is CCC1(O)[CH]O1. The van der Waals surface area contributed by atoms with Crippen molar-refractivity contribution >= 4 is 0 Å². The number of hydrogen-bond donors (Lipinski definition) is 1. The molecule has 0 saturated carbocycles. The van der Waals surface area contributed by atoms with Crippen molar-refractivity contribution in [3.63, 3.8) is 0 Å². The lowest BCUT2D eigenvalue weighted by atomic mass is 10.3. The number of ether oxygens (including phenoxy) is 1. The molecule has 2 nitrogen and oxygen atoms in total. The van der Waals surface area contributed by atoms with E-state index in [2.05, 4.69) is 4.74 Å². The van der Waals surface area contributed by atoms with E-state index in [1.54, 1.807) is 0 Å². The molecule has 2 heteroatoms. The van der Waals surface area contributed by atoms with Crippen molar-refractivity contribution in [3.8, 4) is 0 Å². The van der Waals surface area contributed by atoms with E-state index in [1.165, 1.54) is 6.61 Å². The molecule has 1 N–H and O–H groups in total. The molecule has 1 fully saturated rings. The maximum atomic E-state index is 8.66. The van der Waals surface area contributed by atoms with Gasteiger partial charge in [-0.3, -0.25) is 0 Å². The molecule has 1 saturated heterocycles. The summed E-state index contributed by atoms with van der Waals surface area (Å²) in [6.07, 6.45) is 0.660. The van der Waals surface area contributed by atoms with Crippen LogP contribution in [-0.2, 0) is 4.74 Å². The molecule has 1 aliphatic rings. The summed E-state index contributed by atoms with van der Waals surface area (Å²) in [5.41, 5.74) is 0. The zero-order valence-electron chi connectivity index (χ0n) is 3.64. The Morgan fingerprint density at radius 2 is 2.50 bits per heavy atom. The zero-order valence-corrected chi connectivity index (χ0v) is 3.64. The Hall–Kier alpha value is -0.0800. The molecule has 1 atom stereocenters. The molecule has 1 rings (SSSR count). The topological polar surface area (TPSA) is 32.8 Å². The van der Waals surface area contributed by atoms with Gasteiger partial charge in [0.1, 0.15) is 6.61 Å². The molecule has 35 valence electrons.